The first-order valence-electron chi connectivity index (χ1n) is 8.31. The minimum absolute atomic E-state index is 0.310. The number of aryl methyl sites for hydroxylation is 3. The van der Waals surface area contributed by atoms with Crippen LogP contribution in [0.3, 0.4) is 0 Å². The van der Waals surface area contributed by atoms with Crippen LogP contribution < -0.4 is 10.1 Å². The van der Waals surface area contributed by atoms with Crippen molar-refractivity contribution in [2.75, 3.05) is 18.5 Å². The lowest BCUT2D eigenvalue weighted by molar-refractivity contribution is -0.149. The summed E-state index contributed by atoms with van der Waals surface area (Å²) in [5, 5.41) is 13.9. The highest BCUT2D eigenvalue weighted by Gasteiger charge is 2.12. The van der Waals surface area contributed by atoms with E-state index in [0.717, 1.165) is 33.3 Å². The van der Waals surface area contributed by atoms with Crippen LogP contribution in [0.25, 0.3) is 0 Å². The van der Waals surface area contributed by atoms with Crippen molar-refractivity contribution in [3.8, 4) is 11.2 Å². The lowest BCUT2D eigenvalue weighted by Crippen LogP contribution is -2.24. The summed E-state index contributed by atoms with van der Waals surface area (Å²) in [6, 6.07) is 8.70. The van der Waals surface area contributed by atoms with Crippen LogP contribution in [0.2, 0.25) is 5.02 Å². The van der Waals surface area contributed by atoms with E-state index in [4.69, 9.17) is 26.3 Å². The number of nitrogens with one attached hydrogen (secondary N) is 1. The van der Waals surface area contributed by atoms with Crippen LogP contribution in [0.15, 0.2) is 35.2 Å². The SMILES string of the molecule is Cc1cc(SC#N)ccc1NC(=O)COC(=O)COc1c(C)cc(Cl)cc1C. The number of nitriles is 1. The zero-order valence-electron chi connectivity index (χ0n) is 15.7. The number of amides is 1. The number of thioether (sulfide) groups is 1. The van der Waals surface area contributed by atoms with Crippen molar-refractivity contribution < 1.29 is 19.1 Å². The number of ether oxygens (including phenoxy) is 2. The highest BCUT2D eigenvalue weighted by molar-refractivity contribution is 8.03. The number of carbonyl (C=O) groups is 2. The molecule has 0 unspecified atom stereocenters. The van der Waals surface area contributed by atoms with Gasteiger partial charge in [0.2, 0.25) is 0 Å². The van der Waals surface area contributed by atoms with Crippen molar-refractivity contribution in [2.45, 2.75) is 25.7 Å². The van der Waals surface area contributed by atoms with E-state index < -0.39 is 18.5 Å². The summed E-state index contributed by atoms with van der Waals surface area (Å²) in [5.74, 6) is -0.547. The number of rotatable bonds is 7. The number of halogens is 1. The summed E-state index contributed by atoms with van der Waals surface area (Å²) in [4.78, 5) is 24.6. The molecule has 146 valence electrons. The lowest BCUT2D eigenvalue weighted by Gasteiger charge is -2.13. The summed E-state index contributed by atoms with van der Waals surface area (Å²) < 4.78 is 10.5. The Morgan fingerprint density at radius 2 is 1.79 bits per heavy atom. The molecule has 6 nitrogen and oxygen atoms in total. The number of benzene rings is 2. The fraction of sp³-hybridized carbons (Fsp3) is 0.250. The first kappa shape index (κ1) is 21.6. The van der Waals surface area contributed by atoms with Crippen molar-refractivity contribution in [1.82, 2.24) is 0 Å². The number of esters is 1. The zero-order valence-corrected chi connectivity index (χ0v) is 17.2. The maximum absolute atomic E-state index is 12.0. The van der Waals surface area contributed by atoms with Gasteiger partial charge in [-0.2, -0.15) is 5.26 Å². The van der Waals surface area contributed by atoms with Gasteiger partial charge in [-0.05, 0) is 79.6 Å². The average Bonchev–Trinajstić information content (AvgIpc) is 2.61. The van der Waals surface area contributed by atoms with Gasteiger partial charge in [0.15, 0.2) is 13.2 Å². The molecular weight excluding hydrogens is 400 g/mol. The van der Waals surface area contributed by atoms with Crippen LogP contribution in [0.5, 0.6) is 5.75 Å². The van der Waals surface area contributed by atoms with Crippen LogP contribution in [0.1, 0.15) is 16.7 Å². The van der Waals surface area contributed by atoms with Gasteiger partial charge in [0.1, 0.15) is 11.2 Å². The van der Waals surface area contributed by atoms with Gasteiger partial charge in [-0.15, -0.1) is 0 Å². The first-order valence-corrected chi connectivity index (χ1v) is 9.51. The third kappa shape index (κ3) is 6.19. The van der Waals surface area contributed by atoms with Crippen molar-refractivity contribution in [1.29, 1.82) is 5.26 Å². The molecule has 0 saturated carbocycles. The van der Waals surface area contributed by atoms with Crippen molar-refractivity contribution in [3.63, 3.8) is 0 Å². The predicted octanol–water partition coefficient (Wildman–Crippen LogP) is 4.40. The third-order valence-corrected chi connectivity index (χ3v) is 4.56. The molecule has 0 spiro atoms. The fourth-order valence-electron chi connectivity index (χ4n) is 2.52. The molecule has 0 aliphatic heterocycles. The summed E-state index contributed by atoms with van der Waals surface area (Å²) >= 11 is 7.00. The maximum Gasteiger partial charge on any atom is 0.344 e. The molecule has 0 fully saturated rings. The molecule has 0 bridgehead atoms. The van der Waals surface area contributed by atoms with Gasteiger partial charge in [0, 0.05) is 15.6 Å². The second-order valence-electron chi connectivity index (χ2n) is 6.04. The van der Waals surface area contributed by atoms with Gasteiger partial charge in [0.25, 0.3) is 5.91 Å². The average molecular weight is 419 g/mol. The Kier molecular flexibility index (Phi) is 7.73. The fourth-order valence-corrected chi connectivity index (χ4v) is 3.33. The second kappa shape index (κ2) is 10.0. The Bertz CT molecular complexity index is 917. The first-order chi connectivity index (χ1) is 13.3. The van der Waals surface area contributed by atoms with Gasteiger partial charge in [-0.1, -0.05) is 11.6 Å². The van der Waals surface area contributed by atoms with E-state index >= 15 is 0 Å². The number of carbonyl (C=O) groups excluding carboxylic acids is 2. The van der Waals surface area contributed by atoms with Crippen molar-refractivity contribution in [2.24, 2.45) is 0 Å². The molecule has 0 radical (unpaired) electrons. The molecule has 8 heteroatoms. The number of hydrogen-bond donors (Lipinski definition) is 1. The van der Waals surface area contributed by atoms with Crippen LogP contribution in [0.4, 0.5) is 5.69 Å². The van der Waals surface area contributed by atoms with Gasteiger partial charge < -0.3 is 14.8 Å². The van der Waals surface area contributed by atoms with Crippen molar-refractivity contribution in [3.05, 3.63) is 52.0 Å². The molecule has 1 N–H and O–H groups in total. The van der Waals surface area contributed by atoms with Crippen LogP contribution in [-0.2, 0) is 14.3 Å². The summed E-state index contributed by atoms with van der Waals surface area (Å²) in [6.45, 7) is 4.74. The van der Waals surface area contributed by atoms with E-state index in [9.17, 15) is 9.59 Å². The monoisotopic (exact) mass is 418 g/mol. The lowest BCUT2D eigenvalue weighted by atomic mass is 10.1. The Hall–Kier alpha value is -2.69. The van der Waals surface area contributed by atoms with E-state index in [1.54, 1.807) is 30.3 Å². The standard InChI is InChI=1S/C20H19ClN2O4S/c1-12-8-16(28-11-22)4-5-17(12)23-18(24)9-26-19(25)10-27-20-13(2)6-15(21)7-14(20)3/h4-8H,9-10H2,1-3H3,(H,23,24). The van der Waals surface area contributed by atoms with Crippen molar-refractivity contribution >= 4 is 40.9 Å². The number of hydrogen-bond acceptors (Lipinski definition) is 6. The maximum atomic E-state index is 12.0. The van der Waals surface area contributed by atoms with E-state index in [1.807, 2.05) is 26.2 Å². The van der Waals surface area contributed by atoms with Crippen LogP contribution >= 0.6 is 23.4 Å². The smallest absolute Gasteiger partial charge is 0.344 e. The van der Waals surface area contributed by atoms with Gasteiger partial charge in [-0.3, -0.25) is 4.79 Å². The Morgan fingerprint density at radius 1 is 1.11 bits per heavy atom. The number of nitrogens with zero attached hydrogens (tertiary/aromatic N) is 1. The van der Waals surface area contributed by atoms with Crippen LogP contribution in [0, 0.1) is 31.4 Å². The molecule has 2 aromatic rings. The minimum Gasteiger partial charge on any atom is -0.481 e. The molecule has 0 aromatic heterocycles. The zero-order chi connectivity index (χ0) is 20.7. The molecule has 0 aliphatic carbocycles. The molecular formula is C20H19ClN2O4S. The van der Waals surface area contributed by atoms with E-state index in [1.165, 1.54) is 0 Å². The highest BCUT2D eigenvalue weighted by Crippen LogP contribution is 2.27. The van der Waals surface area contributed by atoms with Crippen LogP contribution in [-0.4, -0.2) is 25.1 Å². The summed E-state index contributed by atoms with van der Waals surface area (Å²) in [5.41, 5.74) is 3.01. The Balaban J connectivity index is 1.83. The topological polar surface area (TPSA) is 88.4 Å². The quantitative estimate of drug-likeness (QED) is 0.407. The molecule has 2 rings (SSSR count). The largest absolute Gasteiger partial charge is 0.481 e. The molecule has 0 saturated heterocycles. The van der Waals surface area contributed by atoms with Gasteiger partial charge in [0.05, 0.1) is 0 Å². The Morgan fingerprint density at radius 3 is 2.39 bits per heavy atom. The molecule has 0 heterocycles. The number of thiocyanates is 1. The van der Waals surface area contributed by atoms with Gasteiger partial charge >= 0.3 is 5.97 Å². The molecule has 28 heavy (non-hydrogen) atoms. The molecule has 0 atom stereocenters. The Labute approximate surface area is 172 Å². The summed E-state index contributed by atoms with van der Waals surface area (Å²) in [6.07, 6.45) is 0. The van der Waals surface area contributed by atoms with E-state index in [0.29, 0.717) is 16.5 Å². The molecule has 0 aliphatic rings. The van der Waals surface area contributed by atoms with Gasteiger partial charge in [-0.25, -0.2) is 4.79 Å². The number of anilines is 1. The minimum atomic E-state index is -0.651. The van der Waals surface area contributed by atoms with E-state index in [2.05, 4.69) is 5.32 Å². The van der Waals surface area contributed by atoms with E-state index in [-0.39, 0.29) is 6.61 Å². The second-order valence-corrected chi connectivity index (χ2v) is 7.33. The third-order valence-electron chi connectivity index (χ3n) is 3.76. The molecule has 2 aromatic carbocycles. The normalized spacial score (nSPS) is 10.1. The highest BCUT2D eigenvalue weighted by atomic mass is 35.5. The predicted molar refractivity (Wildman–Crippen MR) is 109 cm³/mol. The molecule has 1 amide bonds. The summed E-state index contributed by atoms with van der Waals surface area (Å²) in [7, 11) is 0.